The number of nitrogens with zero attached hydrogens (tertiary/aromatic N) is 1. The second-order valence-electron chi connectivity index (χ2n) is 6.98. The number of benzene rings is 2. The number of H-pyrrole nitrogens is 1. The van der Waals surface area contributed by atoms with Crippen molar-refractivity contribution in [3.8, 4) is 0 Å². The lowest BCUT2D eigenvalue weighted by atomic mass is 10.2. The van der Waals surface area contributed by atoms with Gasteiger partial charge < -0.3 is 9.88 Å². The topological polar surface area (TPSA) is 82.3 Å². The quantitative estimate of drug-likeness (QED) is 0.610. The highest BCUT2D eigenvalue weighted by atomic mass is 32.2. The normalized spacial score (nSPS) is 13.1. The van der Waals surface area contributed by atoms with Crippen molar-refractivity contribution in [2.45, 2.75) is 30.8 Å². The monoisotopic (exact) mass is 399 g/mol. The standard InChI is InChI=1S/C21H25N3O3S/c1-3-18(15-24(2)14-16-7-5-4-6-8-16)23-28(26,27)19-10-11-20-17(13-19)9-12-21(25)22-20/h4-13,18,23H,3,14-15H2,1-2H3,(H,22,25)/t18-/m0/s1. The summed E-state index contributed by atoms with van der Waals surface area (Å²) in [5.41, 5.74) is 1.58. The highest BCUT2D eigenvalue weighted by Crippen LogP contribution is 2.17. The maximum atomic E-state index is 12.9. The average Bonchev–Trinajstić information content (AvgIpc) is 2.67. The third-order valence-electron chi connectivity index (χ3n) is 4.65. The number of nitrogens with one attached hydrogen (secondary N) is 2. The molecule has 0 amide bonds. The number of pyridine rings is 1. The molecule has 2 aromatic carbocycles. The van der Waals surface area contributed by atoms with Crippen LogP contribution in [-0.2, 0) is 16.6 Å². The second kappa shape index (κ2) is 8.68. The van der Waals surface area contributed by atoms with Crippen LogP contribution in [-0.4, -0.2) is 37.9 Å². The molecule has 3 aromatic rings. The third-order valence-corrected chi connectivity index (χ3v) is 6.17. The number of hydrogen-bond acceptors (Lipinski definition) is 4. The van der Waals surface area contributed by atoms with Crippen LogP contribution < -0.4 is 10.3 Å². The van der Waals surface area contributed by atoms with Gasteiger partial charge in [-0.2, -0.15) is 0 Å². The molecule has 0 fully saturated rings. The summed E-state index contributed by atoms with van der Waals surface area (Å²) in [6, 6.07) is 17.6. The van der Waals surface area contributed by atoms with E-state index in [-0.39, 0.29) is 16.5 Å². The molecule has 0 saturated carbocycles. The largest absolute Gasteiger partial charge is 0.322 e. The fourth-order valence-corrected chi connectivity index (χ4v) is 4.52. The minimum Gasteiger partial charge on any atom is -0.322 e. The van der Waals surface area contributed by atoms with Crippen LogP contribution in [0.25, 0.3) is 10.9 Å². The predicted molar refractivity (Wildman–Crippen MR) is 112 cm³/mol. The van der Waals surface area contributed by atoms with Gasteiger partial charge in [-0.05, 0) is 48.7 Å². The summed E-state index contributed by atoms with van der Waals surface area (Å²) in [7, 11) is -1.68. The van der Waals surface area contributed by atoms with Crippen LogP contribution in [0.15, 0.2) is 70.4 Å². The fourth-order valence-electron chi connectivity index (χ4n) is 3.17. The van der Waals surface area contributed by atoms with E-state index in [1.54, 1.807) is 18.2 Å². The first-order valence-corrected chi connectivity index (χ1v) is 10.7. The highest BCUT2D eigenvalue weighted by molar-refractivity contribution is 7.89. The Balaban J connectivity index is 1.72. The summed E-state index contributed by atoms with van der Waals surface area (Å²) in [6.45, 7) is 3.32. The van der Waals surface area contributed by atoms with Crippen molar-refractivity contribution in [2.75, 3.05) is 13.6 Å². The molecule has 1 atom stereocenters. The van der Waals surface area contributed by atoms with Crippen LogP contribution in [0.1, 0.15) is 18.9 Å². The minimum atomic E-state index is -3.66. The van der Waals surface area contributed by atoms with E-state index in [1.807, 2.05) is 32.2 Å². The van der Waals surface area contributed by atoms with Crippen LogP contribution in [0.3, 0.4) is 0 Å². The molecule has 2 N–H and O–H groups in total. The van der Waals surface area contributed by atoms with E-state index in [9.17, 15) is 13.2 Å². The van der Waals surface area contributed by atoms with Crippen molar-refractivity contribution in [2.24, 2.45) is 0 Å². The maximum absolute atomic E-state index is 12.9. The molecule has 1 heterocycles. The third kappa shape index (κ3) is 5.07. The molecular formula is C21H25N3O3S. The molecule has 1 aromatic heterocycles. The summed E-state index contributed by atoms with van der Waals surface area (Å²) >= 11 is 0. The first-order chi connectivity index (χ1) is 13.4. The van der Waals surface area contributed by atoms with Gasteiger partial charge in [0, 0.05) is 30.7 Å². The maximum Gasteiger partial charge on any atom is 0.248 e. The Morgan fingerprint density at radius 1 is 1.07 bits per heavy atom. The molecule has 0 bridgehead atoms. The highest BCUT2D eigenvalue weighted by Gasteiger charge is 2.20. The van der Waals surface area contributed by atoms with Gasteiger partial charge in [0.05, 0.1) is 4.90 Å². The molecular weight excluding hydrogens is 374 g/mol. The Bertz CT molecular complexity index is 1090. The van der Waals surface area contributed by atoms with Gasteiger partial charge in [-0.3, -0.25) is 4.79 Å². The smallest absolute Gasteiger partial charge is 0.248 e. The Kier molecular flexibility index (Phi) is 6.28. The van der Waals surface area contributed by atoms with Crippen molar-refractivity contribution in [1.29, 1.82) is 0 Å². The van der Waals surface area contributed by atoms with E-state index in [0.717, 1.165) is 6.54 Å². The van der Waals surface area contributed by atoms with E-state index in [0.29, 0.717) is 23.9 Å². The average molecular weight is 400 g/mol. The first kappa shape index (κ1) is 20.3. The van der Waals surface area contributed by atoms with Gasteiger partial charge in [0.2, 0.25) is 15.6 Å². The van der Waals surface area contributed by atoms with Gasteiger partial charge in [0.1, 0.15) is 0 Å². The van der Waals surface area contributed by atoms with Crippen LogP contribution in [0.4, 0.5) is 0 Å². The zero-order chi connectivity index (χ0) is 20.1. The molecule has 0 aliphatic rings. The van der Waals surface area contributed by atoms with Crippen LogP contribution >= 0.6 is 0 Å². The first-order valence-electron chi connectivity index (χ1n) is 9.25. The summed E-state index contributed by atoms with van der Waals surface area (Å²) in [5.74, 6) is 0. The summed E-state index contributed by atoms with van der Waals surface area (Å²) in [6.07, 6.45) is 0.680. The molecule has 0 aliphatic carbocycles. The molecule has 0 spiro atoms. The minimum absolute atomic E-state index is 0.191. The van der Waals surface area contributed by atoms with Crippen molar-refractivity contribution in [3.63, 3.8) is 0 Å². The number of aromatic nitrogens is 1. The molecule has 7 heteroatoms. The predicted octanol–water partition coefficient (Wildman–Crippen LogP) is 2.72. The van der Waals surface area contributed by atoms with Gasteiger partial charge in [0.25, 0.3) is 0 Å². The zero-order valence-corrected chi connectivity index (χ0v) is 16.9. The molecule has 148 valence electrons. The number of aromatic amines is 1. The number of sulfonamides is 1. The van der Waals surface area contributed by atoms with Crippen molar-refractivity contribution < 1.29 is 8.42 Å². The van der Waals surface area contributed by atoms with Crippen LogP contribution in [0.5, 0.6) is 0 Å². The summed E-state index contributed by atoms with van der Waals surface area (Å²) in [5, 5.41) is 0.678. The lowest BCUT2D eigenvalue weighted by Gasteiger charge is -2.24. The zero-order valence-electron chi connectivity index (χ0n) is 16.1. The number of fused-ring (bicyclic) bond motifs is 1. The molecule has 3 rings (SSSR count). The number of likely N-dealkylation sites (N-methyl/N-ethyl adjacent to an activating group) is 1. The number of rotatable bonds is 8. The van der Waals surface area contributed by atoms with E-state index in [1.165, 1.54) is 17.7 Å². The molecule has 0 unspecified atom stereocenters. The van der Waals surface area contributed by atoms with Crippen molar-refractivity contribution in [1.82, 2.24) is 14.6 Å². The molecule has 28 heavy (non-hydrogen) atoms. The molecule has 0 radical (unpaired) electrons. The fraction of sp³-hybridized carbons (Fsp3) is 0.286. The molecule has 6 nitrogen and oxygen atoms in total. The molecule has 0 aliphatic heterocycles. The van der Waals surface area contributed by atoms with Gasteiger partial charge in [-0.1, -0.05) is 37.3 Å². The van der Waals surface area contributed by atoms with Gasteiger partial charge in [0.15, 0.2) is 0 Å². The summed E-state index contributed by atoms with van der Waals surface area (Å²) in [4.78, 5) is 16.4. The molecule has 0 saturated heterocycles. The Morgan fingerprint density at radius 2 is 1.82 bits per heavy atom. The van der Waals surface area contributed by atoms with Gasteiger partial charge in [-0.15, -0.1) is 0 Å². The lowest BCUT2D eigenvalue weighted by Crippen LogP contribution is -2.42. The van der Waals surface area contributed by atoms with Crippen molar-refractivity contribution in [3.05, 3.63) is 76.6 Å². The SMILES string of the molecule is CC[C@@H](CN(C)Cc1ccccc1)NS(=O)(=O)c1ccc2[nH]c(=O)ccc2c1. The van der Waals surface area contributed by atoms with E-state index >= 15 is 0 Å². The lowest BCUT2D eigenvalue weighted by molar-refractivity contribution is 0.292. The Labute approximate surface area is 165 Å². The van der Waals surface area contributed by atoms with Crippen molar-refractivity contribution >= 4 is 20.9 Å². The van der Waals surface area contributed by atoms with Gasteiger partial charge in [-0.25, -0.2) is 13.1 Å². The van der Waals surface area contributed by atoms with Gasteiger partial charge >= 0.3 is 0 Å². The Morgan fingerprint density at radius 3 is 2.54 bits per heavy atom. The summed E-state index contributed by atoms with van der Waals surface area (Å²) < 4.78 is 28.5. The van der Waals surface area contributed by atoms with Crippen LogP contribution in [0, 0.1) is 0 Å². The van der Waals surface area contributed by atoms with Crippen LogP contribution in [0.2, 0.25) is 0 Å². The second-order valence-corrected chi connectivity index (χ2v) is 8.69. The van der Waals surface area contributed by atoms with E-state index < -0.39 is 10.0 Å². The number of hydrogen-bond donors (Lipinski definition) is 2. The van der Waals surface area contributed by atoms with E-state index in [4.69, 9.17) is 0 Å². The van der Waals surface area contributed by atoms with E-state index in [2.05, 4.69) is 26.7 Å². The Hall–Kier alpha value is -2.48.